The maximum Gasteiger partial charge on any atom is 0.192 e. The Morgan fingerprint density at radius 2 is 1.93 bits per heavy atom. The number of aliphatic imine (C=N–C) groups is 1. The summed E-state index contributed by atoms with van der Waals surface area (Å²) in [5, 5.41) is 0. The van der Waals surface area contributed by atoms with Gasteiger partial charge in [-0.3, -0.25) is 4.99 Å². The third-order valence-electron chi connectivity index (χ3n) is 4.27. The minimum absolute atomic E-state index is 0.374. The van der Waals surface area contributed by atoms with Crippen molar-refractivity contribution in [2.24, 2.45) is 10.7 Å². The van der Waals surface area contributed by atoms with Crippen LogP contribution in [0.2, 0.25) is 0 Å². The van der Waals surface area contributed by atoms with Gasteiger partial charge in [0.25, 0.3) is 0 Å². The Morgan fingerprint density at radius 3 is 2.50 bits per heavy atom. The maximum atomic E-state index is 6.02. The molecule has 2 saturated carbocycles. The highest BCUT2D eigenvalue weighted by Crippen LogP contribution is 2.44. The van der Waals surface area contributed by atoms with Gasteiger partial charge in [-0.1, -0.05) is 12.8 Å². The van der Waals surface area contributed by atoms with Gasteiger partial charge < -0.3 is 10.6 Å². The van der Waals surface area contributed by atoms with Gasteiger partial charge in [0.2, 0.25) is 0 Å². The molecule has 0 aromatic rings. The second-order valence-corrected chi connectivity index (χ2v) is 5.06. The van der Waals surface area contributed by atoms with E-state index in [1.807, 2.05) is 0 Å². The summed E-state index contributed by atoms with van der Waals surface area (Å²) >= 11 is 0. The van der Waals surface area contributed by atoms with E-state index in [-0.39, 0.29) is 0 Å². The molecule has 14 heavy (non-hydrogen) atoms. The summed E-state index contributed by atoms with van der Waals surface area (Å²) in [7, 11) is 0. The molecule has 1 heterocycles. The minimum atomic E-state index is 0.374. The molecule has 2 N–H and O–H groups in total. The molecule has 78 valence electrons. The number of rotatable bonds is 1. The predicted octanol–water partition coefficient (Wildman–Crippen LogP) is 1.48. The van der Waals surface area contributed by atoms with Gasteiger partial charge in [0.15, 0.2) is 5.96 Å². The largest absolute Gasteiger partial charge is 0.370 e. The standard InChI is InChI=1S/C11H19N3/c12-10-13-8-11(6-3-7-11)14(10)9-4-1-2-5-9/h9H,1-8H2,(H2,12,13). The summed E-state index contributed by atoms with van der Waals surface area (Å²) in [6.45, 7) is 0.968. The van der Waals surface area contributed by atoms with Crippen LogP contribution >= 0.6 is 0 Å². The molecule has 3 heteroatoms. The number of guanidine groups is 1. The average Bonchev–Trinajstić information content (AvgIpc) is 2.68. The zero-order valence-corrected chi connectivity index (χ0v) is 8.71. The number of hydrogen-bond acceptors (Lipinski definition) is 3. The van der Waals surface area contributed by atoms with Crippen molar-refractivity contribution in [3.8, 4) is 0 Å². The molecule has 0 unspecified atom stereocenters. The Kier molecular flexibility index (Phi) is 1.76. The van der Waals surface area contributed by atoms with Crippen LogP contribution in [0, 0.1) is 0 Å². The van der Waals surface area contributed by atoms with Crippen LogP contribution in [0.5, 0.6) is 0 Å². The highest BCUT2D eigenvalue weighted by Gasteiger charge is 2.49. The van der Waals surface area contributed by atoms with E-state index < -0.39 is 0 Å². The molecular weight excluding hydrogens is 174 g/mol. The molecule has 0 atom stereocenters. The summed E-state index contributed by atoms with van der Waals surface area (Å²) in [6.07, 6.45) is 9.42. The lowest BCUT2D eigenvalue weighted by molar-refractivity contribution is 0.0686. The van der Waals surface area contributed by atoms with Gasteiger partial charge in [0.1, 0.15) is 0 Å². The van der Waals surface area contributed by atoms with Crippen molar-refractivity contribution in [3.63, 3.8) is 0 Å². The third-order valence-corrected chi connectivity index (χ3v) is 4.27. The molecule has 0 aromatic carbocycles. The minimum Gasteiger partial charge on any atom is -0.370 e. The molecule has 2 aliphatic carbocycles. The Bertz CT molecular complexity index is 262. The van der Waals surface area contributed by atoms with E-state index in [1.165, 1.54) is 44.9 Å². The van der Waals surface area contributed by atoms with Crippen molar-refractivity contribution in [2.45, 2.75) is 56.5 Å². The van der Waals surface area contributed by atoms with Gasteiger partial charge in [0.05, 0.1) is 12.1 Å². The number of hydrogen-bond donors (Lipinski definition) is 1. The van der Waals surface area contributed by atoms with Crippen LogP contribution < -0.4 is 5.73 Å². The van der Waals surface area contributed by atoms with E-state index in [9.17, 15) is 0 Å². The fourth-order valence-corrected chi connectivity index (χ4v) is 3.34. The lowest BCUT2D eigenvalue weighted by Gasteiger charge is -2.49. The van der Waals surface area contributed by atoms with Crippen LogP contribution in [0.4, 0.5) is 0 Å². The summed E-state index contributed by atoms with van der Waals surface area (Å²) in [5.41, 5.74) is 6.39. The first kappa shape index (κ1) is 8.57. The van der Waals surface area contributed by atoms with Crippen molar-refractivity contribution < 1.29 is 0 Å². The van der Waals surface area contributed by atoms with Gasteiger partial charge in [-0.15, -0.1) is 0 Å². The fourth-order valence-electron chi connectivity index (χ4n) is 3.34. The van der Waals surface area contributed by atoms with Gasteiger partial charge >= 0.3 is 0 Å². The van der Waals surface area contributed by atoms with E-state index in [2.05, 4.69) is 9.89 Å². The SMILES string of the molecule is NC1=NCC2(CCC2)N1C1CCCC1. The zero-order chi connectivity index (χ0) is 9.60. The number of nitrogens with two attached hydrogens (primary N) is 1. The molecule has 3 aliphatic rings. The Hall–Kier alpha value is -0.730. The van der Waals surface area contributed by atoms with E-state index in [4.69, 9.17) is 5.73 Å². The molecule has 3 rings (SSSR count). The summed E-state index contributed by atoms with van der Waals surface area (Å²) in [4.78, 5) is 6.93. The molecule has 1 aliphatic heterocycles. The molecule has 0 amide bonds. The molecule has 0 radical (unpaired) electrons. The van der Waals surface area contributed by atoms with Crippen LogP contribution in [0.1, 0.15) is 44.9 Å². The smallest absolute Gasteiger partial charge is 0.192 e. The first-order valence-electron chi connectivity index (χ1n) is 5.91. The Balaban J connectivity index is 1.83. The van der Waals surface area contributed by atoms with Gasteiger partial charge in [-0.2, -0.15) is 0 Å². The Morgan fingerprint density at radius 1 is 1.21 bits per heavy atom. The monoisotopic (exact) mass is 193 g/mol. The predicted molar refractivity (Wildman–Crippen MR) is 57.2 cm³/mol. The highest BCUT2D eigenvalue weighted by molar-refractivity contribution is 5.81. The normalized spacial score (nSPS) is 30.9. The summed E-state index contributed by atoms with van der Waals surface area (Å²) in [6, 6.07) is 0.710. The lowest BCUT2D eigenvalue weighted by Crippen LogP contribution is -2.59. The fraction of sp³-hybridized carbons (Fsp3) is 0.909. The van der Waals surface area contributed by atoms with Crippen molar-refractivity contribution in [1.29, 1.82) is 0 Å². The highest BCUT2D eigenvalue weighted by atomic mass is 15.4. The zero-order valence-electron chi connectivity index (χ0n) is 8.71. The molecule has 0 saturated heterocycles. The quantitative estimate of drug-likeness (QED) is 0.685. The molecule has 3 nitrogen and oxygen atoms in total. The average molecular weight is 193 g/mol. The van der Waals surface area contributed by atoms with Crippen molar-refractivity contribution in [1.82, 2.24) is 4.90 Å². The van der Waals surface area contributed by atoms with Crippen LogP contribution in [-0.2, 0) is 0 Å². The van der Waals surface area contributed by atoms with E-state index in [1.54, 1.807) is 0 Å². The van der Waals surface area contributed by atoms with Crippen molar-refractivity contribution in [2.75, 3.05) is 6.54 Å². The van der Waals surface area contributed by atoms with E-state index in [0.29, 0.717) is 11.6 Å². The second kappa shape index (κ2) is 2.88. The van der Waals surface area contributed by atoms with Gasteiger partial charge in [-0.25, -0.2) is 0 Å². The first-order valence-corrected chi connectivity index (χ1v) is 5.91. The third kappa shape index (κ3) is 1.01. The lowest BCUT2D eigenvalue weighted by atomic mass is 9.75. The van der Waals surface area contributed by atoms with Crippen molar-refractivity contribution >= 4 is 5.96 Å². The first-order chi connectivity index (χ1) is 6.82. The van der Waals surface area contributed by atoms with Crippen LogP contribution in [0.3, 0.4) is 0 Å². The Labute approximate surface area is 85.4 Å². The van der Waals surface area contributed by atoms with Crippen LogP contribution in [0.15, 0.2) is 4.99 Å². The van der Waals surface area contributed by atoms with Gasteiger partial charge in [0, 0.05) is 6.04 Å². The van der Waals surface area contributed by atoms with Crippen molar-refractivity contribution in [3.05, 3.63) is 0 Å². The van der Waals surface area contributed by atoms with E-state index >= 15 is 0 Å². The molecule has 1 spiro atoms. The molecule has 2 fully saturated rings. The maximum absolute atomic E-state index is 6.02. The molecule has 0 bridgehead atoms. The number of nitrogens with zero attached hydrogens (tertiary/aromatic N) is 2. The second-order valence-electron chi connectivity index (χ2n) is 5.06. The topological polar surface area (TPSA) is 41.6 Å². The summed E-state index contributed by atoms with van der Waals surface area (Å²) < 4.78 is 0. The molecule has 0 aromatic heterocycles. The van der Waals surface area contributed by atoms with Gasteiger partial charge in [-0.05, 0) is 32.1 Å². The summed E-state index contributed by atoms with van der Waals surface area (Å²) in [5.74, 6) is 0.830. The van der Waals surface area contributed by atoms with Crippen LogP contribution in [-0.4, -0.2) is 29.0 Å². The van der Waals surface area contributed by atoms with E-state index in [0.717, 1.165) is 12.5 Å². The van der Waals surface area contributed by atoms with Crippen LogP contribution in [0.25, 0.3) is 0 Å². The molecular formula is C11H19N3.